The molecule has 0 aliphatic carbocycles. The first-order valence-corrected chi connectivity index (χ1v) is 13.3. The van der Waals surface area contributed by atoms with Crippen molar-refractivity contribution in [3.05, 3.63) is 54.0 Å². The third-order valence-electron chi connectivity index (χ3n) is 7.25. The normalized spacial score (nSPS) is 21.1. The molecular weight excluding hydrogens is 541 g/mol. The number of fused-ring (bicyclic) bond motifs is 4. The molecule has 5 heterocycles. The van der Waals surface area contributed by atoms with Gasteiger partial charge in [-0.3, -0.25) is 9.88 Å². The Morgan fingerprint density at radius 2 is 2.05 bits per heavy atom. The Morgan fingerprint density at radius 1 is 1.22 bits per heavy atom. The molecular formula is C28H29F3N6O4. The van der Waals surface area contributed by atoms with Crippen LogP contribution in [-0.4, -0.2) is 65.2 Å². The van der Waals surface area contributed by atoms with E-state index in [2.05, 4.69) is 25.2 Å². The van der Waals surface area contributed by atoms with E-state index in [9.17, 15) is 18.0 Å². The second kappa shape index (κ2) is 10.1. The van der Waals surface area contributed by atoms with Gasteiger partial charge in [0.1, 0.15) is 24.1 Å². The van der Waals surface area contributed by atoms with E-state index in [1.54, 1.807) is 24.1 Å². The van der Waals surface area contributed by atoms with Crippen LogP contribution in [0.15, 0.2) is 42.7 Å². The molecule has 1 unspecified atom stereocenters. The number of hydrogen-bond donors (Lipinski definition) is 1. The summed E-state index contributed by atoms with van der Waals surface area (Å²) in [5, 5.41) is 2.89. The largest absolute Gasteiger partial charge is 0.489 e. The van der Waals surface area contributed by atoms with Crippen LogP contribution in [0, 0.1) is 6.92 Å². The van der Waals surface area contributed by atoms with Crippen LogP contribution in [0.25, 0.3) is 11.4 Å². The standard InChI is InChI=1S/C28H29F3N6O4/c1-16-23-25(35-24(33-16)17-5-4-6-18(9-17)28(29,30)31)37(20-7-8-36(23)13-20)26(38)34-19-10-21(12-32-11-19)39-14-22-15-40-27(2,3)41-22/h4-6,9-12,20,22H,7-8,13-15H2,1-3H3,(H,34,38)/t20-,22?/m0/s1. The lowest BCUT2D eigenvalue weighted by Gasteiger charge is -2.36. The molecule has 2 aromatic heterocycles. The first-order valence-electron chi connectivity index (χ1n) is 13.3. The molecule has 6 rings (SSSR count). The number of aromatic nitrogens is 3. The summed E-state index contributed by atoms with van der Waals surface area (Å²) < 4.78 is 57.3. The number of carbonyl (C=O) groups excluding carboxylic acids is 1. The number of nitrogens with one attached hydrogen (secondary N) is 1. The van der Waals surface area contributed by atoms with Gasteiger partial charge >= 0.3 is 12.2 Å². The Labute approximate surface area is 234 Å². The number of ether oxygens (including phenoxy) is 3. The van der Waals surface area contributed by atoms with Gasteiger partial charge in [-0.15, -0.1) is 0 Å². The summed E-state index contributed by atoms with van der Waals surface area (Å²) in [5.41, 5.74) is 1.12. The van der Waals surface area contributed by atoms with E-state index in [0.29, 0.717) is 54.8 Å². The molecule has 2 bridgehead atoms. The maximum Gasteiger partial charge on any atom is 0.416 e. The molecule has 2 atom stereocenters. The second-order valence-corrected chi connectivity index (χ2v) is 10.7. The molecule has 3 aromatic rings. The fourth-order valence-electron chi connectivity index (χ4n) is 5.43. The van der Waals surface area contributed by atoms with Crippen LogP contribution in [0.4, 0.5) is 35.2 Å². The number of rotatable bonds is 5. The average molecular weight is 571 g/mol. The highest BCUT2D eigenvalue weighted by molar-refractivity contribution is 6.05. The molecule has 2 fully saturated rings. The molecule has 0 saturated carbocycles. The predicted octanol–water partition coefficient (Wildman–Crippen LogP) is 5.03. The number of urea groups is 1. The number of nitrogens with zero attached hydrogens (tertiary/aromatic N) is 5. The van der Waals surface area contributed by atoms with Crippen molar-refractivity contribution >= 4 is 23.2 Å². The number of alkyl halides is 3. The molecule has 2 saturated heterocycles. The van der Waals surface area contributed by atoms with Gasteiger partial charge in [-0.2, -0.15) is 13.2 Å². The van der Waals surface area contributed by atoms with E-state index >= 15 is 0 Å². The van der Waals surface area contributed by atoms with Crippen molar-refractivity contribution in [1.29, 1.82) is 0 Å². The molecule has 0 radical (unpaired) electrons. The van der Waals surface area contributed by atoms with Crippen molar-refractivity contribution < 1.29 is 32.2 Å². The highest BCUT2D eigenvalue weighted by Gasteiger charge is 2.42. The van der Waals surface area contributed by atoms with Crippen molar-refractivity contribution in [2.45, 2.75) is 51.3 Å². The summed E-state index contributed by atoms with van der Waals surface area (Å²) in [7, 11) is 0. The van der Waals surface area contributed by atoms with E-state index in [0.717, 1.165) is 12.1 Å². The van der Waals surface area contributed by atoms with E-state index in [-0.39, 0.29) is 30.1 Å². The Morgan fingerprint density at radius 3 is 2.80 bits per heavy atom. The molecule has 1 aromatic carbocycles. The Bertz CT molecular complexity index is 1480. The first kappa shape index (κ1) is 27.2. The fourth-order valence-corrected chi connectivity index (χ4v) is 5.43. The highest BCUT2D eigenvalue weighted by atomic mass is 19.4. The number of anilines is 3. The van der Waals surface area contributed by atoms with Crippen LogP contribution < -0.4 is 19.9 Å². The third-order valence-corrected chi connectivity index (χ3v) is 7.25. The van der Waals surface area contributed by atoms with Crippen LogP contribution >= 0.6 is 0 Å². The van der Waals surface area contributed by atoms with Gasteiger partial charge < -0.3 is 24.4 Å². The zero-order valence-corrected chi connectivity index (χ0v) is 22.7. The van der Waals surface area contributed by atoms with E-state index in [1.165, 1.54) is 18.3 Å². The minimum Gasteiger partial charge on any atom is -0.489 e. The molecule has 3 aliphatic heterocycles. The van der Waals surface area contributed by atoms with Crippen LogP contribution in [0.1, 0.15) is 31.5 Å². The van der Waals surface area contributed by atoms with E-state index in [4.69, 9.17) is 14.2 Å². The number of aryl methyl sites for hydroxylation is 1. The minimum absolute atomic E-state index is 0.117. The van der Waals surface area contributed by atoms with Gasteiger partial charge in [0.15, 0.2) is 17.4 Å². The van der Waals surface area contributed by atoms with Gasteiger partial charge in [0.25, 0.3) is 0 Å². The summed E-state index contributed by atoms with van der Waals surface area (Å²) in [6.45, 7) is 7.43. The molecule has 0 spiro atoms. The maximum absolute atomic E-state index is 13.7. The van der Waals surface area contributed by atoms with Crippen LogP contribution in [-0.2, 0) is 15.7 Å². The van der Waals surface area contributed by atoms with Crippen molar-refractivity contribution in [3.8, 4) is 17.1 Å². The molecule has 13 heteroatoms. The lowest BCUT2D eigenvalue weighted by atomic mass is 10.1. The molecule has 2 amide bonds. The summed E-state index contributed by atoms with van der Waals surface area (Å²) >= 11 is 0. The van der Waals surface area contributed by atoms with Crippen LogP contribution in [0.3, 0.4) is 0 Å². The molecule has 41 heavy (non-hydrogen) atoms. The van der Waals surface area contributed by atoms with Crippen LogP contribution in [0.5, 0.6) is 5.75 Å². The molecule has 10 nitrogen and oxygen atoms in total. The van der Waals surface area contributed by atoms with Gasteiger partial charge in [0.05, 0.1) is 42.0 Å². The fraction of sp³-hybridized carbons (Fsp3) is 0.429. The topological polar surface area (TPSA) is 102 Å². The Balaban J connectivity index is 1.25. The van der Waals surface area contributed by atoms with Crippen molar-refractivity contribution in [1.82, 2.24) is 15.0 Å². The monoisotopic (exact) mass is 570 g/mol. The highest BCUT2D eigenvalue weighted by Crippen LogP contribution is 2.42. The van der Waals surface area contributed by atoms with E-state index in [1.807, 2.05) is 13.8 Å². The van der Waals surface area contributed by atoms with Gasteiger partial charge in [-0.25, -0.2) is 14.8 Å². The minimum atomic E-state index is -4.50. The number of pyridine rings is 1. The van der Waals surface area contributed by atoms with Crippen molar-refractivity contribution in [2.75, 3.05) is 41.4 Å². The van der Waals surface area contributed by atoms with Gasteiger partial charge in [-0.05, 0) is 39.3 Å². The summed E-state index contributed by atoms with van der Waals surface area (Å²) in [4.78, 5) is 30.7. The smallest absolute Gasteiger partial charge is 0.416 e. The predicted molar refractivity (Wildman–Crippen MR) is 144 cm³/mol. The SMILES string of the molecule is Cc1nc(-c2cccc(C(F)(F)F)c2)nc2c1N1CC[C@@H](C1)N2C(=O)Nc1cncc(OCC2COC(C)(C)O2)c1. The van der Waals surface area contributed by atoms with Gasteiger partial charge in [0, 0.05) is 24.7 Å². The quantitative estimate of drug-likeness (QED) is 0.456. The number of benzene rings is 1. The molecule has 1 N–H and O–H groups in total. The lowest BCUT2D eigenvalue weighted by Crippen LogP contribution is -2.48. The average Bonchev–Trinajstić information content (AvgIpc) is 3.49. The number of amides is 2. The van der Waals surface area contributed by atoms with Gasteiger partial charge in [0.2, 0.25) is 0 Å². The van der Waals surface area contributed by atoms with Crippen molar-refractivity contribution in [2.24, 2.45) is 0 Å². The maximum atomic E-state index is 13.7. The number of hydrogen-bond acceptors (Lipinski definition) is 8. The number of halogens is 3. The summed E-state index contributed by atoms with van der Waals surface area (Å²) in [5.74, 6) is 0.265. The van der Waals surface area contributed by atoms with Crippen molar-refractivity contribution in [3.63, 3.8) is 0 Å². The molecule has 216 valence electrons. The van der Waals surface area contributed by atoms with Crippen LogP contribution in [0.2, 0.25) is 0 Å². The second-order valence-electron chi connectivity index (χ2n) is 10.7. The summed E-state index contributed by atoms with van der Waals surface area (Å²) in [6.07, 6.45) is -0.972. The zero-order valence-electron chi connectivity index (χ0n) is 22.7. The van der Waals surface area contributed by atoms with Gasteiger partial charge in [-0.1, -0.05) is 12.1 Å². The lowest BCUT2D eigenvalue weighted by molar-refractivity contribution is -0.141. The Kier molecular flexibility index (Phi) is 6.73. The third kappa shape index (κ3) is 5.51. The first-order chi connectivity index (χ1) is 19.5. The summed E-state index contributed by atoms with van der Waals surface area (Å²) in [6, 6.07) is 5.94. The Hall–Kier alpha value is -3.97. The zero-order chi connectivity index (χ0) is 28.9. The van der Waals surface area contributed by atoms with E-state index < -0.39 is 23.6 Å². The number of carbonyl (C=O) groups is 1. The molecule has 3 aliphatic rings.